The lowest BCUT2D eigenvalue weighted by Crippen LogP contribution is -2.39. The van der Waals surface area contributed by atoms with Crippen LogP contribution in [0.15, 0.2) is 53.5 Å². The maximum absolute atomic E-state index is 13.9. The Hall–Kier alpha value is -2.60. The van der Waals surface area contributed by atoms with Gasteiger partial charge in [0, 0.05) is 45.3 Å². The fourth-order valence-corrected chi connectivity index (χ4v) is 3.30. The Bertz CT molecular complexity index is 782. The third-order valence-electron chi connectivity index (χ3n) is 4.67. The molecule has 3 rings (SSSR count). The number of ether oxygens (including phenoxy) is 2. The summed E-state index contributed by atoms with van der Waals surface area (Å²) in [5.74, 6) is 1.86. The maximum atomic E-state index is 13.9. The number of para-hydroxylation sites is 2. The molecule has 27 heavy (non-hydrogen) atoms. The molecule has 1 N–H and O–H groups in total. The Morgan fingerprint density at radius 1 is 1.19 bits per heavy atom. The molecular formula is C21H26FN3O2. The van der Waals surface area contributed by atoms with E-state index < -0.39 is 0 Å². The van der Waals surface area contributed by atoms with Crippen LogP contribution in [0.3, 0.4) is 0 Å². The van der Waals surface area contributed by atoms with Gasteiger partial charge < -0.3 is 19.7 Å². The molecule has 0 aromatic heterocycles. The largest absolute Gasteiger partial charge is 0.454 e. The van der Waals surface area contributed by atoms with Crippen LogP contribution in [-0.2, 0) is 11.3 Å². The fourth-order valence-electron chi connectivity index (χ4n) is 3.30. The van der Waals surface area contributed by atoms with Gasteiger partial charge in [0.25, 0.3) is 0 Å². The minimum Gasteiger partial charge on any atom is -0.454 e. The molecule has 1 fully saturated rings. The third-order valence-corrected chi connectivity index (χ3v) is 4.67. The van der Waals surface area contributed by atoms with Crippen LogP contribution in [0.1, 0.15) is 12.0 Å². The highest BCUT2D eigenvalue weighted by atomic mass is 19.1. The number of benzene rings is 2. The van der Waals surface area contributed by atoms with Gasteiger partial charge in [-0.05, 0) is 24.6 Å². The number of aliphatic imine (C=N–C) groups is 1. The smallest absolute Gasteiger partial charge is 0.193 e. The van der Waals surface area contributed by atoms with E-state index in [0.717, 1.165) is 37.6 Å². The number of nitrogens with zero attached hydrogens (tertiary/aromatic N) is 2. The van der Waals surface area contributed by atoms with E-state index in [0.29, 0.717) is 18.2 Å². The van der Waals surface area contributed by atoms with Crippen LogP contribution in [0.25, 0.3) is 0 Å². The van der Waals surface area contributed by atoms with E-state index in [4.69, 9.17) is 9.47 Å². The molecule has 1 aliphatic heterocycles. The van der Waals surface area contributed by atoms with Crippen LogP contribution in [0.2, 0.25) is 0 Å². The first kappa shape index (κ1) is 19.2. The monoisotopic (exact) mass is 371 g/mol. The van der Waals surface area contributed by atoms with Crippen LogP contribution >= 0.6 is 0 Å². The van der Waals surface area contributed by atoms with Gasteiger partial charge in [-0.2, -0.15) is 0 Å². The number of methoxy groups -OCH3 is 1. The SMILES string of the molecule is CN=C(NCc1ccccc1Oc1ccccc1F)N1CCC(COC)C1. The number of hydrogen-bond donors (Lipinski definition) is 1. The fraction of sp³-hybridized carbons (Fsp3) is 0.381. The van der Waals surface area contributed by atoms with E-state index in [1.54, 1.807) is 32.4 Å². The number of guanidine groups is 1. The van der Waals surface area contributed by atoms with Crippen LogP contribution in [0.4, 0.5) is 4.39 Å². The van der Waals surface area contributed by atoms with Crippen molar-refractivity contribution in [2.75, 3.05) is 33.9 Å². The predicted octanol–water partition coefficient (Wildman–Crippen LogP) is 3.66. The lowest BCUT2D eigenvalue weighted by Gasteiger charge is -2.22. The van der Waals surface area contributed by atoms with E-state index in [-0.39, 0.29) is 11.6 Å². The van der Waals surface area contributed by atoms with E-state index in [1.165, 1.54) is 6.07 Å². The Balaban J connectivity index is 1.65. The molecule has 0 saturated carbocycles. The Kier molecular flexibility index (Phi) is 6.65. The molecule has 1 heterocycles. The molecule has 1 aliphatic rings. The van der Waals surface area contributed by atoms with Crippen molar-refractivity contribution in [2.45, 2.75) is 13.0 Å². The summed E-state index contributed by atoms with van der Waals surface area (Å²) in [5.41, 5.74) is 0.939. The van der Waals surface area contributed by atoms with Crippen LogP contribution in [0.5, 0.6) is 11.5 Å². The minimum absolute atomic E-state index is 0.219. The summed E-state index contributed by atoms with van der Waals surface area (Å²) in [5, 5.41) is 3.39. The summed E-state index contributed by atoms with van der Waals surface area (Å²) in [7, 11) is 3.52. The molecule has 1 atom stereocenters. The van der Waals surface area contributed by atoms with Crippen molar-refractivity contribution in [3.63, 3.8) is 0 Å². The molecule has 2 aromatic carbocycles. The zero-order valence-electron chi connectivity index (χ0n) is 15.8. The average Bonchev–Trinajstić information content (AvgIpc) is 3.14. The standard InChI is InChI=1S/C21H26FN3O2/c1-23-21(25-12-11-16(14-25)15-26-2)24-13-17-7-3-5-9-19(17)27-20-10-6-4-8-18(20)22/h3-10,16H,11-15H2,1-2H3,(H,23,24). The molecular weight excluding hydrogens is 345 g/mol. The summed E-state index contributed by atoms with van der Waals surface area (Å²) in [6, 6.07) is 14.0. The Morgan fingerprint density at radius 3 is 2.67 bits per heavy atom. The summed E-state index contributed by atoms with van der Waals surface area (Å²) < 4.78 is 25.0. The second kappa shape index (κ2) is 9.37. The number of nitrogens with one attached hydrogen (secondary N) is 1. The quantitative estimate of drug-likeness (QED) is 0.622. The summed E-state index contributed by atoms with van der Waals surface area (Å²) >= 11 is 0. The van der Waals surface area contributed by atoms with Gasteiger partial charge in [-0.25, -0.2) is 4.39 Å². The van der Waals surface area contributed by atoms with Crippen molar-refractivity contribution in [1.29, 1.82) is 0 Å². The highest BCUT2D eigenvalue weighted by Gasteiger charge is 2.24. The van der Waals surface area contributed by atoms with Gasteiger partial charge in [0.1, 0.15) is 5.75 Å². The summed E-state index contributed by atoms with van der Waals surface area (Å²) in [6.45, 7) is 3.21. The first-order valence-corrected chi connectivity index (χ1v) is 9.16. The normalized spacial score (nSPS) is 17.2. The molecule has 5 nitrogen and oxygen atoms in total. The van der Waals surface area contributed by atoms with E-state index in [9.17, 15) is 4.39 Å². The molecule has 0 aliphatic carbocycles. The van der Waals surface area contributed by atoms with Crippen molar-refractivity contribution >= 4 is 5.96 Å². The molecule has 0 amide bonds. The van der Waals surface area contributed by atoms with Gasteiger partial charge in [0.15, 0.2) is 17.5 Å². The van der Waals surface area contributed by atoms with Gasteiger partial charge in [0.2, 0.25) is 0 Å². The van der Waals surface area contributed by atoms with Crippen molar-refractivity contribution in [1.82, 2.24) is 10.2 Å². The van der Waals surface area contributed by atoms with Gasteiger partial charge in [-0.3, -0.25) is 4.99 Å². The van der Waals surface area contributed by atoms with E-state index in [2.05, 4.69) is 15.2 Å². The highest BCUT2D eigenvalue weighted by Crippen LogP contribution is 2.27. The van der Waals surface area contributed by atoms with Crippen LogP contribution in [-0.4, -0.2) is 44.7 Å². The van der Waals surface area contributed by atoms with Gasteiger partial charge in [-0.1, -0.05) is 30.3 Å². The molecule has 2 aromatic rings. The number of halogens is 1. The first-order valence-electron chi connectivity index (χ1n) is 9.16. The maximum Gasteiger partial charge on any atom is 0.193 e. The molecule has 0 bridgehead atoms. The van der Waals surface area contributed by atoms with Gasteiger partial charge in [-0.15, -0.1) is 0 Å². The zero-order chi connectivity index (χ0) is 19.1. The average molecular weight is 371 g/mol. The second-order valence-corrected chi connectivity index (χ2v) is 6.60. The van der Waals surface area contributed by atoms with Gasteiger partial charge in [0.05, 0.1) is 6.61 Å². The lowest BCUT2D eigenvalue weighted by atomic mass is 10.1. The Morgan fingerprint density at radius 2 is 1.93 bits per heavy atom. The van der Waals surface area contributed by atoms with Crippen molar-refractivity contribution < 1.29 is 13.9 Å². The predicted molar refractivity (Wildman–Crippen MR) is 105 cm³/mol. The highest BCUT2D eigenvalue weighted by molar-refractivity contribution is 5.80. The zero-order valence-corrected chi connectivity index (χ0v) is 15.8. The van der Waals surface area contributed by atoms with E-state index >= 15 is 0 Å². The minimum atomic E-state index is -0.377. The third kappa shape index (κ3) is 4.98. The first-order chi connectivity index (χ1) is 13.2. The Labute approximate surface area is 159 Å². The number of rotatable bonds is 6. The molecule has 1 unspecified atom stereocenters. The lowest BCUT2D eigenvalue weighted by molar-refractivity contribution is 0.157. The molecule has 1 saturated heterocycles. The van der Waals surface area contributed by atoms with Gasteiger partial charge >= 0.3 is 0 Å². The molecule has 144 valence electrons. The number of likely N-dealkylation sites (tertiary alicyclic amines) is 1. The van der Waals surface area contributed by atoms with Crippen molar-refractivity contribution in [3.8, 4) is 11.5 Å². The molecule has 6 heteroatoms. The van der Waals surface area contributed by atoms with Crippen molar-refractivity contribution in [2.24, 2.45) is 10.9 Å². The number of hydrogen-bond acceptors (Lipinski definition) is 3. The topological polar surface area (TPSA) is 46.1 Å². The molecule has 0 radical (unpaired) electrons. The van der Waals surface area contributed by atoms with Crippen LogP contribution < -0.4 is 10.1 Å². The van der Waals surface area contributed by atoms with Crippen molar-refractivity contribution in [3.05, 3.63) is 59.9 Å². The summed E-state index contributed by atoms with van der Waals surface area (Å²) in [4.78, 5) is 6.64. The summed E-state index contributed by atoms with van der Waals surface area (Å²) in [6.07, 6.45) is 1.10. The molecule has 0 spiro atoms. The van der Waals surface area contributed by atoms with E-state index in [1.807, 2.05) is 24.3 Å². The second-order valence-electron chi connectivity index (χ2n) is 6.60. The van der Waals surface area contributed by atoms with Crippen LogP contribution in [0, 0.1) is 11.7 Å².